The smallest absolute Gasteiger partial charge is 0.344 e. The lowest BCUT2D eigenvalue weighted by molar-refractivity contribution is -0.385. The number of carbonyl (C=O) groups is 1. The van der Waals surface area contributed by atoms with Crippen molar-refractivity contribution in [1.29, 1.82) is 0 Å². The standard InChI is InChI=1S/C11H12ClNO5/c1-3-17-11(14)6-18-10-4-7(2)8(12)5-9(10)13(15)16/h4-5H,3,6H2,1-2H3. The predicted octanol–water partition coefficient (Wildman–Crippen LogP) is 2.50. The SMILES string of the molecule is CCOC(=O)COc1cc(C)c(Cl)cc1[N+](=O)[O-]. The van der Waals surface area contributed by atoms with Crippen LogP contribution in [-0.4, -0.2) is 24.1 Å². The highest BCUT2D eigenvalue weighted by Crippen LogP contribution is 2.32. The van der Waals surface area contributed by atoms with Crippen molar-refractivity contribution >= 4 is 23.3 Å². The average molecular weight is 274 g/mol. The second-order valence-corrected chi connectivity index (χ2v) is 3.83. The first-order valence-corrected chi connectivity index (χ1v) is 5.56. The van der Waals surface area contributed by atoms with Crippen LogP contribution in [0.1, 0.15) is 12.5 Å². The molecule has 0 radical (unpaired) electrons. The summed E-state index contributed by atoms with van der Waals surface area (Å²) in [5, 5.41) is 11.1. The predicted molar refractivity (Wildman–Crippen MR) is 65.0 cm³/mol. The van der Waals surface area contributed by atoms with E-state index in [0.717, 1.165) is 0 Å². The van der Waals surface area contributed by atoms with E-state index in [1.54, 1.807) is 13.8 Å². The van der Waals surface area contributed by atoms with E-state index in [-0.39, 0.29) is 29.7 Å². The summed E-state index contributed by atoms with van der Waals surface area (Å²) in [7, 11) is 0. The average Bonchev–Trinajstić information content (AvgIpc) is 2.30. The van der Waals surface area contributed by atoms with Crippen LogP contribution in [0.25, 0.3) is 0 Å². The van der Waals surface area contributed by atoms with E-state index in [2.05, 4.69) is 4.74 Å². The Morgan fingerprint density at radius 3 is 2.72 bits per heavy atom. The highest BCUT2D eigenvalue weighted by molar-refractivity contribution is 6.31. The van der Waals surface area contributed by atoms with Gasteiger partial charge in [-0.1, -0.05) is 11.6 Å². The molecule has 18 heavy (non-hydrogen) atoms. The molecule has 1 rings (SSSR count). The minimum Gasteiger partial charge on any atom is -0.475 e. The van der Waals surface area contributed by atoms with Gasteiger partial charge in [-0.25, -0.2) is 4.79 Å². The summed E-state index contributed by atoms with van der Waals surface area (Å²) in [6, 6.07) is 2.61. The molecule has 0 aliphatic rings. The minimum atomic E-state index is -0.619. The number of nitro groups is 1. The molecule has 0 bridgehead atoms. The number of hydrogen-bond donors (Lipinski definition) is 0. The van der Waals surface area contributed by atoms with E-state index in [9.17, 15) is 14.9 Å². The van der Waals surface area contributed by atoms with Gasteiger partial charge < -0.3 is 9.47 Å². The molecule has 0 saturated carbocycles. The van der Waals surface area contributed by atoms with Gasteiger partial charge in [-0.15, -0.1) is 0 Å². The zero-order valence-electron chi connectivity index (χ0n) is 9.94. The monoisotopic (exact) mass is 273 g/mol. The van der Waals surface area contributed by atoms with Crippen molar-refractivity contribution in [3.63, 3.8) is 0 Å². The van der Waals surface area contributed by atoms with E-state index in [1.165, 1.54) is 12.1 Å². The Labute approximate surface area is 109 Å². The Kier molecular flexibility index (Phi) is 4.91. The van der Waals surface area contributed by atoms with Gasteiger partial charge in [-0.2, -0.15) is 0 Å². The third-order valence-corrected chi connectivity index (χ3v) is 2.49. The summed E-state index contributed by atoms with van der Waals surface area (Å²) < 4.78 is 9.73. The fraction of sp³-hybridized carbons (Fsp3) is 0.364. The molecule has 0 heterocycles. The second-order valence-electron chi connectivity index (χ2n) is 3.42. The molecule has 0 amide bonds. The molecule has 7 heteroatoms. The first-order chi connectivity index (χ1) is 8.45. The number of rotatable bonds is 5. The van der Waals surface area contributed by atoms with Crippen LogP contribution >= 0.6 is 11.6 Å². The minimum absolute atomic E-state index is 0.00467. The first-order valence-electron chi connectivity index (χ1n) is 5.18. The number of carbonyl (C=O) groups excluding carboxylic acids is 1. The largest absolute Gasteiger partial charge is 0.475 e. The number of esters is 1. The van der Waals surface area contributed by atoms with Crippen LogP contribution in [0.15, 0.2) is 12.1 Å². The summed E-state index contributed by atoms with van der Waals surface area (Å²) in [6.45, 7) is 3.19. The highest BCUT2D eigenvalue weighted by Gasteiger charge is 2.18. The molecule has 1 aromatic rings. The number of nitrogens with zero attached hydrogens (tertiary/aromatic N) is 1. The van der Waals surface area contributed by atoms with Gasteiger partial charge in [0.2, 0.25) is 0 Å². The maximum atomic E-state index is 11.1. The molecule has 0 aromatic heterocycles. The van der Waals surface area contributed by atoms with Crippen molar-refractivity contribution in [2.45, 2.75) is 13.8 Å². The molecular formula is C11H12ClNO5. The quantitative estimate of drug-likeness (QED) is 0.468. The molecule has 0 aliphatic carbocycles. The van der Waals surface area contributed by atoms with Gasteiger partial charge in [-0.3, -0.25) is 10.1 Å². The number of hydrogen-bond acceptors (Lipinski definition) is 5. The van der Waals surface area contributed by atoms with E-state index in [1.807, 2.05) is 0 Å². The van der Waals surface area contributed by atoms with Gasteiger partial charge in [0.05, 0.1) is 16.6 Å². The topological polar surface area (TPSA) is 78.7 Å². The van der Waals surface area contributed by atoms with Crippen molar-refractivity contribution in [2.75, 3.05) is 13.2 Å². The number of benzene rings is 1. The van der Waals surface area contributed by atoms with E-state index >= 15 is 0 Å². The van der Waals surface area contributed by atoms with Gasteiger partial charge in [0.15, 0.2) is 12.4 Å². The van der Waals surface area contributed by atoms with Crippen molar-refractivity contribution in [2.24, 2.45) is 0 Å². The van der Waals surface area contributed by atoms with Gasteiger partial charge in [-0.05, 0) is 25.5 Å². The zero-order valence-corrected chi connectivity index (χ0v) is 10.7. The molecule has 0 spiro atoms. The van der Waals surface area contributed by atoms with Crippen LogP contribution in [-0.2, 0) is 9.53 Å². The molecular weight excluding hydrogens is 262 g/mol. The summed E-state index contributed by atoms with van der Waals surface area (Å²) in [5.74, 6) is -0.589. The number of ether oxygens (including phenoxy) is 2. The van der Waals surface area contributed by atoms with Crippen LogP contribution in [0, 0.1) is 17.0 Å². The molecule has 0 N–H and O–H groups in total. The summed E-state index contributed by atoms with van der Waals surface area (Å²) in [5.41, 5.74) is 0.344. The molecule has 0 saturated heterocycles. The Morgan fingerprint density at radius 2 is 2.17 bits per heavy atom. The van der Waals surface area contributed by atoms with Crippen LogP contribution in [0.2, 0.25) is 5.02 Å². The normalized spacial score (nSPS) is 9.94. The van der Waals surface area contributed by atoms with Crippen LogP contribution in [0.3, 0.4) is 0 Å². The molecule has 0 unspecified atom stereocenters. The van der Waals surface area contributed by atoms with Gasteiger partial charge in [0, 0.05) is 6.07 Å². The maximum Gasteiger partial charge on any atom is 0.344 e. The Morgan fingerprint density at radius 1 is 1.50 bits per heavy atom. The highest BCUT2D eigenvalue weighted by atomic mass is 35.5. The van der Waals surface area contributed by atoms with Crippen molar-refractivity contribution in [1.82, 2.24) is 0 Å². The van der Waals surface area contributed by atoms with Crippen molar-refractivity contribution in [3.05, 3.63) is 32.8 Å². The molecule has 0 aliphatic heterocycles. The van der Waals surface area contributed by atoms with Gasteiger partial charge in [0.1, 0.15) is 0 Å². The lowest BCUT2D eigenvalue weighted by Gasteiger charge is -2.08. The molecule has 1 aromatic carbocycles. The molecule has 0 atom stereocenters. The third-order valence-electron chi connectivity index (χ3n) is 2.09. The van der Waals surface area contributed by atoms with E-state index < -0.39 is 10.9 Å². The Bertz CT molecular complexity index is 475. The van der Waals surface area contributed by atoms with Gasteiger partial charge in [0.25, 0.3) is 0 Å². The number of aryl methyl sites for hydroxylation is 1. The lowest BCUT2D eigenvalue weighted by Crippen LogP contribution is -2.15. The molecule has 98 valence electrons. The second kappa shape index (κ2) is 6.20. The fourth-order valence-corrected chi connectivity index (χ4v) is 1.40. The molecule has 6 nitrogen and oxygen atoms in total. The summed E-state index contributed by atoms with van der Waals surface area (Å²) in [6.07, 6.45) is 0. The van der Waals surface area contributed by atoms with Crippen molar-refractivity contribution < 1.29 is 19.2 Å². The molecule has 0 fully saturated rings. The van der Waals surface area contributed by atoms with Crippen molar-refractivity contribution in [3.8, 4) is 5.75 Å². The van der Waals surface area contributed by atoms with Crippen LogP contribution < -0.4 is 4.74 Å². The Hall–Kier alpha value is -1.82. The van der Waals surface area contributed by atoms with E-state index in [4.69, 9.17) is 16.3 Å². The third kappa shape index (κ3) is 3.59. The van der Waals surface area contributed by atoms with Gasteiger partial charge >= 0.3 is 11.7 Å². The number of nitro benzene ring substituents is 1. The number of halogens is 1. The lowest BCUT2D eigenvalue weighted by atomic mass is 10.2. The Balaban J connectivity index is 2.90. The summed E-state index contributed by atoms with van der Waals surface area (Å²) >= 11 is 5.79. The fourth-order valence-electron chi connectivity index (χ4n) is 1.24. The summed E-state index contributed by atoms with van der Waals surface area (Å²) in [4.78, 5) is 21.3. The first kappa shape index (κ1) is 14.2. The van der Waals surface area contributed by atoms with E-state index in [0.29, 0.717) is 5.56 Å². The van der Waals surface area contributed by atoms with Crippen LogP contribution in [0.4, 0.5) is 5.69 Å². The zero-order chi connectivity index (χ0) is 13.7. The maximum absolute atomic E-state index is 11.1. The van der Waals surface area contributed by atoms with Crippen LogP contribution in [0.5, 0.6) is 5.75 Å².